The summed E-state index contributed by atoms with van der Waals surface area (Å²) in [6.07, 6.45) is 1.99. The Morgan fingerprint density at radius 2 is 1.91 bits per heavy atom. The number of ketones is 1. The first-order valence-corrected chi connectivity index (χ1v) is 13.5. The van der Waals surface area contributed by atoms with Gasteiger partial charge in [-0.25, -0.2) is 12.8 Å². The van der Waals surface area contributed by atoms with Gasteiger partial charge in [0.2, 0.25) is 0 Å². The fourth-order valence-electron chi connectivity index (χ4n) is 4.54. The number of carbonyl (C=O) groups excluding carboxylic acids is 1. The number of aryl methyl sites for hydroxylation is 1. The minimum absolute atomic E-state index is 0.161. The molecule has 0 amide bonds. The van der Waals surface area contributed by atoms with Gasteiger partial charge in [-0.1, -0.05) is 46.9 Å². The molecule has 0 saturated heterocycles. The fourth-order valence-corrected chi connectivity index (χ4v) is 5.96. The molecule has 1 aromatic heterocycles. The van der Waals surface area contributed by atoms with Crippen molar-refractivity contribution < 1.29 is 27.5 Å². The van der Waals surface area contributed by atoms with Crippen molar-refractivity contribution in [3.05, 3.63) is 64.6 Å². The van der Waals surface area contributed by atoms with Crippen LogP contribution >= 0.6 is 22.6 Å². The van der Waals surface area contributed by atoms with Gasteiger partial charge in [-0.05, 0) is 30.5 Å². The lowest BCUT2D eigenvalue weighted by atomic mass is 9.87. The Morgan fingerprint density at radius 3 is 2.50 bits per heavy atom. The van der Waals surface area contributed by atoms with Crippen LogP contribution in [0.4, 0.5) is 4.39 Å². The summed E-state index contributed by atoms with van der Waals surface area (Å²) in [6.45, 7) is 0.454. The van der Waals surface area contributed by atoms with Crippen molar-refractivity contribution >= 4 is 55.1 Å². The van der Waals surface area contributed by atoms with Crippen molar-refractivity contribution in [3.63, 3.8) is 0 Å². The van der Waals surface area contributed by atoms with Crippen LogP contribution in [0.5, 0.6) is 0 Å². The van der Waals surface area contributed by atoms with E-state index in [1.54, 1.807) is 16.7 Å². The largest absolute Gasteiger partial charge is 0.481 e. The van der Waals surface area contributed by atoms with Crippen LogP contribution in [0.3, 0.4) is 0 Å². The molecule has 1 N–H and O–H groups in total. The molecule has 2 aromatic carbocycles. The van der Waals surface area contributed by atoms with Gasteiger partial charge in [-0.15, -0.1) is 0 Å². The van der Waals surface area contributed by atoms with Gasteiger partial charge < -0.3 is 9.67 Å². The van der Waals surface area contributed by atoms with E-state index in [-0.39, 0.29) is 22.3 Å². The van der Waals surface area contributed by atoms with Crippen LogP contribution in [0, 0.1) is 5.82 Å². The van der Waals surface area contributed by atoms with Gasteiger partial charge in [0.15, 0.2) is 15.6 Å². The van der Waals surface area contributed by atoms with Crippen LogP contribution in [-0.4, -0.2) is 36.1 Å². The highest BCUT2D eigenvalue weighted by atomic mass is 127. The third-order valence-electron chi connectivity index (χ3n) is 5.87. The zero-order valence-electron chi connectivity index (χ0n) is 17.3. The topological polar surface area (TPSA) is 93.4 Å². The number of rotatable bonds is 6. The van der Waals surface area contributed by atoms with Crippen LogP contribution in [0.1, 0.15) is 52.4 Å². The molecule has 1 aliphatic heterocycles. The summed E-state index contributed by atoms with van der Waals surface area (Å²) >= 11 is 2.22. The zero-order chi connectivity index (χ0) is 23.2. The van der Waals surface area contributed by atoms with E-state index in [0.717, 1.165) is 22.3 Å². The summed E-state index contributed by atoms with van der Waals surface area (Å²) < 4.78 is 42.1. The number of hydrogen-bond donors (Lipinski definition) is 1. The molecule has 6 nitrogen and oxygen atoms in total. The van der Waals surface area contributed by atoms with E-state index in [2.05, 4.69) is 22.6 Å². The van der Waals surface area contributed by atoms with Crippen molar-refractivity contribution in [3.8, 4) is 0 Å². The van der Waals surface area contributed by atoms with Crippen molar-refractivity contribution in [1.82, 2.24) is 4.57 Å². The van der Waals surface area contributed by atoms with Crippen LogP contribution in [0.2, 0.25) is 0 Å². The maximum Gasteiger partial charge on any atom is 0.304 e. The number of aromatic nitrogens is 1. The van der Waals surface area contributed by atoms with E-state index >= 15 is 0 Å². The van der Waals surface area contributed by atoms with Gasteiger partial charge in [-0.3, -0.25) is 9.59 Å². The van der Waals surface area contributed by atoms with Crippen molar-refractivity contribution in [2.24, 2.45) is 0 Å². The van der Waals surface area contributed by atoms with Gasteiger partial charge >= 0.3 is 5.97 Å². The van der Waals surface area contributed by atoms with Gasteiger partial charge in [0.1, 0.15) is 5.82 Å². The second-order valence-electron chi connectivity index (χ2n) is 8.08. The maximum atomic E-state index is 14.5. The van der Waals surface area contributed by atoms with E-state index < -0.39 is 33.3 Å². The summed E-state index contributed by atoms with van der Waals surface area (Å²) in [5, 5.41) is 9.62. The minimum Gasteiger partial charge on any atom is -0.481 e. The Morgan fingerprint density at radius 1 is 1.22 bits per heavy atom. The number of aliphatic carboxylic acids is 1. The molecule has 0 spiro atoms. The molecule has 0 bridgehead atoms. The first kappa shape index (κ1) is 22.9. The zero-order valence-corrected chi connectivity index (χ0v) is 20.2. The number of carbonyl (C=O) groups is 2. The van der Waals surface area contributed by atoms with E-state index in [1.807, 2.05) is 12.1 Å². The average molecular weight is 569 g/mol. The standard InChI is InChI=1S/C23H21FINO5S/c1-32(30,31)18-11-16(24)10-17-20(18)21(23(29)14-6-4-13(12-25)5-7-14)22-15(9-19(27)28)3-2-8-26(17)22/h4-7,10-11,15H,2-3,8-9,12H2,1H3,(H,27,28)/t15-/m1/s1. The summed E-state index contributed by atoms with van der Waals surface area (Å²) in [5.74, 6) is -2.59. The van der Waals surface area contributed by atoms with Crippen molar-refractivity contribution in [1.29, 1.82) is 0 Å². The molecule has 32 heavy (non-hydrogen) atoms. The molecule has 2 heterocycles. The minimum atomic E-state index is -3.86. The van der Waals surface area contributed by atoms with Gasteiger partial charge in [0.05, 0.1) is 22.4 Å². The molecule has 1 atom stereocenters. The first-order chi connectivity index (χ1) is 15.1. The molecule has 168 valence electrons. The van der Waals surface area contributed by atoms with Crippen LogP contribution in [0.15, 0.2) is 41.3 Å². The molecule has 0 unspecified atom stereocenters. The number of alkyl halides is 1. The van der Waals surface area contributed by atoms with E-state index in [9.17, 15) is 27.5 Å². The molecule has 3 aromatic rings. The van der Waals surface area contributed by atoms with Gasteiger partial charge in [-0.2, -0.15) is 0 Å². The molecule has 9 heteroatoms. The number of carboxylic acid groups (broad SMARTS) is 1. The fraction of sp³-hybridized carbons (Fsp3) is 0.304. The van der Waals surface area contributed by atoms with Gasteiger partial charge in [0, 0.05) is 39.8 Å². The lowest BCUT2D eigenvalue weighted by Crippen LogP contribution is -2.20. The Labute approximate surface area is 198 Å². The normalized spacial score (nSPS) is 16.2. The summed E-state index contributed by atoms with van der Waals surface area (Å²) in [7, 11) is -3.86. The summed E-state index contributed by atoms with van der Waals surface area (Å²) in [5.41, 5.74) is 2.36. The van der Waals surface area contributed by atoms with Gasteiger partial charge in [0.25, 0.3) is 0 Å². The predicted octanol–water partition coefficient (Wildman–Crippen LogP) is 4.70. The van der Waals surface area contributed by atoms with E-state index in [4.69, 9.17) is 0 Å². The molecule has 0 radical (unpaired) electrons. The summed E-state index contributed by atoms with van der Waals surface area (Å²) in [6, 6.07) is 9.20. The Hall–Kier alpha value is -2.27. The molecule has 0 saturated carbocycles. The van der Waals surface area contributed by atoms with Crippen LogP contribution in [0.25, 0.3) is 10.9 Å². The molecular weight excluding hydrogens is 548 g/mol. The Bertz CT molecular complexity index is 1350. The van der Waals surface area contributed by atoms with Crippen molar-refractivity contribution in [2.75, 3.05) is 6.26 Å². The van der Waals surface area contributed by atoms with Crippen LogP contribution in [-0.2, 0) is 25.6 Å². The lowest BCUT2D eigenvalue weighted by molar-refractivity contribution is -0.137. The number of fused-ring (bicyclic) bond motifs is 3. The Kier molecular flexibility index (Phi) is 6.15. The van der Waals surface area contributed by atoms with Crippen LogP contribution < -0.4 is 0 Å². The third kappa shape index (κ3) is 4.07. The molecule has 0 fully saturated rings. The van der Waals surface area contributed by atoms with E-state index in [1.165, 1.54) is 6.07 Å². The number of hydrogen-bond acceptors (Lipinski definition) is 4. The molecular formula is C23H21FINO5S. The smallest absolute Gasteiger partial charge is 0.304 e. The van der Waals surface area contributed by atoms with Crippen molar-refractivity contribution in [2.45, 2.75) is 41.0 Å². The average Bonchev–Trinajstić information content (AvgIpc) is 3.07. The number of benzene rings is 2. The van der Waals surface area contributed by atoms with E-state index in [0.29, 0.717) is 36.2 Å². The quantitative estimate of drug-likeness (QED) is 0.264. The lowest BCUT2D eigenvalue weighted by Gasteiger charge is -2.25. The second kappa shape index (κ2) is 8.58. The highest BCUT2D eigenvalue weighted by Crippen LogP contribution is 2.42. The monoisotopic (exact) mass is 569 g/mol. The maximum absolute atomic E-state index is 14.5. The first-order valence-electron chi connectivity index (χ1n) is 10.1. The predicted molar refractivity (Wildman–Crippen MR) is 127 cm³/mol. The number of carboxylic acids is 1. The Balaban J connectivity index is 2.08. The third-order valence-corrected chi connectivity index (χ3v) is 7.87. The SMILES string of the molecule is CS(=O)(=O)c1cc(F)cc2c1c(C(=O)c1ccc(CI)cc1)c1n2CCC[C@@H]1CC(=O)O. The number of nitrogens with zero attached hydrogens (tertiary/aromatic N) is 1. The molecule has 1 aliphatic rings. The molecule has 0 aliphatic carbocycles. The highest BCUT2D eigenvalue weighted by Gasteiger charge is 2.34. The number of halogens is 2. The molecule has 4 rings (SSSR count). The highest BCUT2D eigenvalue weighted by molar-refractivity contribution is 14.1. The second-order valence-corrected chi connectivity index (χ2v) is 10.8. The summed E-state index contributed by atoms with van der Waals surface area (Å²) in [4.78, 5) is 25.0. The number of sulfone groups is 1.